The molecule has 0 saturated heterocycles. The monoisotopic (exact) mass is 322 g/mol. The fraction of sp³-hybridized carbons (Fsp3) is 0.250. The molecular formula is C16H13F3N2O2. The molecule has 0 spiro atoms. The molecule has 0 bridgehead atoms. The molecular weight excluding hydrogens is 309 g/mol. The van der Waals surface area contributed by atoms with Crippen LogP contribution in [0, 0.1) is 5.92 Å². The molecule has 7 heteroatoms. The van der Waals surface area contributed by atoms with E-state index in [-0.39, 0.29) is 17.1 Å². The van der Waals surface area contributed by atoms with Crippen molar-refractivity contribution in [3.63, 3.8) is 0 Å². The van der Waals surface area contributed by atoms with Crippen molar-refractivity contribution in [3.05, 3.63) is 53.7 Å². The second-order valence-corrected chi connectivity index (χ2v) is 5.39. The molecule has 0 radical (unpaired) electrons. The minimum atomic E-state index is -4.44. The molecule has 0 unspecified atom stereocenters. The van der Waals surface area contributed by atoms with E-state index in [0.29, 0.717) is 6.42 Å². The summed E-state index contributed by atoms with van der Waals surface area (Å²) in [5.74, 6) is -1.65. The van der Waals surface area contributed by atoms with Crippen molar-refractivity contribution in [3.8, 4) is 5.75 Å². The van der Waals surface area contributed by atoms with Crippen molar-refractivity contribution >= 4 is 11.7 Å². The van der Waals surface area contributed by atoms with Gasteiger partial charge in [0.1, 0.15) is 0 Å². The van der Waals surface area contributed by atoms with Crippen molar-refractivity contribution in [2.24, 2.45) is 5.92 Å². The van der Waals surface area contributed by atoms with Crippen molar-refractivity contribution in [1.29, 1.82) is 0 Å². The molecule has 0 aliphatic heterocycles. The molecule has 1 fully saturated rings. The molecule has 1 saturated carbocycles. The number of benzene rings is 1. The summed E-state index contributed by atoms with van der Waals surface area (Å²) in [6.45, 7) is 0. The van der Waals surface area contributed by atoms with Crippen LogP contribution in [-0.4, -0.2) is 16.0 Å². The fourth-order valence-electron chi connectivity index (χ4n) is 2.61. The third-order valence-electron chi connectivity index (χ3n) is 3.82. The van der Waals surface area contributed by atoms with Gasteiger partial charge in [0, 0.05) is 12.1 Å². The minimum Gasteiger partial charge on any atom is -0.504 e. The zero-order valence-corrected chi connectivity index (χ0v) is 11.8. The Kier molecular flexibility index (Phi) is 3.71. The van der Waals surface area contributed by atoms with Crippen LogP contribution in [0.4, 0.5) is 19.0 Å². The first-order valence-electron chi connectivity index (χ1n) is 6.99. The fourth-order valence-corrected chi connectivity index (χ4v) is 2.61. The maximum atomic E-state index is 13.0. The lowest BCUT2D eigenvalue weighted by Gasteiger charge is -2.12. The van der Waals surface area contributed by atoms with Crippen molar-refractivity contribution in [2.45, 2.75) is 18.5 Å². The number of carbonyl (C=O) groups excluding carboxylic acids is 1. The summed E-state index contributed by atoms with van der Waals surface area (Å²) < 4.78 is 39.1. The van der Waals surface area contributed by atoms with E-state index in [2.05, 4.69) is 10.3 Å². The quantitative estimate of drug-likeness (QED) is 0.908. The molecule has 1 amide bonds. The molecule has 120 valence electrons. The van der Waals surface area contributed by atoms with Crippen LogP contribution in [0.25, 0.3) is 0 Å². The second kappa shape index (κ2) is 5.57. The van der Waals surface area contributed by atoms with Gasteiger partial charge >= 0.3 is 6.18 Å². The Hall–Kier alpha value is -2.57. The number of nitrogens with zero attached hydrogens (tertiary/aromatic N) is 1. The van der Waals surface area contributed by atoms with Gasteiger partial charge in [0.15, 0.2) is 11.6 Å². The van der Waals surface area contributed by atoms with Crippen LogP contribution in [-0.2, 0) is 11.0 Å². The van der Waals surface area contributed by atoms with E-state index in [4.69, 9.17) is 0 Å². The largest absolute Gasteiger partial charge is 0.504 e. The lowest BCUT2D eigenvalue weighted by Crippen LogP contribution is -2.16. The van der Waals surface area contributed by atoms with E-state index in [1.807, 2.05) is 0 Å². The summed E-state index contributed by atoms with van der Waals surface area (Å²) in [5, 5.41) is 12.0. The molecule has 1 aliphatic carbocycles. The Morgan fingerprint density at radius 1 is 1.22 bits per heavy atom. The van der Waals surface area contributed by atoms with Crippen molar-refractivity contribution in [2.75, 3.05) is 5.32 Å². The number of aromatic nitrogens is 1. The van der Waals surface area contributed by atoms with Crippen LogP contribution in [0.1, 0.15) is 23.5 Å². The Labute approximate surface area is 130 Å². The summed E-state index contributed by atoms with van der Waals surface area (Å²) >= 11 is 0. The van der Waals surface area contributed by atoms with Crippen molar-refractivity contribution in [1.82, 2.24) is 4.98 Å². The van der Waals surface area contributed by atoms with Gasteiger partial charge in [0.05, 0.1) is 5.56 Å². The summed E-state index contributed by atoms with van der Waals surface area (Å²) in [6.07, 6.45) is -2.70. The van der Waals surface area contributed by atoms with E-state index in [1.165, 1.54) is 36.5 Å². The van der Waals surface area contributed by atoms with E-state index in [0.717, 1.165) is 6.07 Å². The number of hydrogen-bond acceptors (Lipinski definition) is 3. The number of aromatic hydroxyl groups is 1. The topological polar surface area (TPSA) is 62.2 Å². The highest BCUT2D eigenvalue weighted by Gasteiger charge is 2.48. The standard InChI is InChI=1S/C16H13F3N2O2/c17-16(18,19)12-5-2-1-4-9(12)10-8-11(10)15(23)21-14-13(22)6-3-7-20-14/h1-7,10-11,22H,8H2,(H,20,21,23)/t10-,11+/m1/s1. The van der Waals surface area contributed by atoms with Gasteiger partial charge in [0.25, 0.3) is 0 Å². The zero-order valence-electron chi connectivity index (χ0n) is 11.8. The van der Waals surface area contributed by atoms with Crippen molar-refractivity contribution < 1.29 is 23.1 Å². The summed E-state index contributed by atoms with van der Waals surface area (Å²) in [6, 6.07) is 8.15. The van der Waals surface area contributed by atoms with Crippen LogP contribution in [0.3, 0.4) is 0 Å². The molecule has 1 aromatic heterocycles. The highest BCUT2D eigenvalue weighted by molar-refractivity contribution is 5.95. The Balaban J connectivity index is 1.75. The lowest BCUT2D eigenvalue weighted by atomic mass is 10.0. The van der Waals surface area contributed by atoms with Gasteiger partial charge in [-0.2, -0.15) is 13.2 Å². The number of amides is 1. The summed E-state index contributed by atoms with van der Waals surface area (Å²) in [5.41, 5.74) is -0.577. The number of carbonyl (C=O) groups is 1. The second-order valence-electron chi connectivity index (χ2n) is 5.39. The lowest BCUT2D eigenvalue weighted by molar-refractivity contribution is -0.138. The number of anilines is 1. The smallest absolute Gasteiger partial charge is 0.416 e. The number of halogens is 3. The maximum Gasteiger partial charge on any atom is 0.416 e. The predicted molar refractivity (Wildman–Crippen MR) is 76.8 cm³/mol. The normalized spacial score (nSPS) is 20.1. The highest BCUT2D eigenvalue weighted by atomic mass is 19.4. The van der Waals surface area contributed by atoms with Gasteiger partial charge in [-0.05, 0) is 36.1 Å². The van der Waals surface area contributed by atoms with Gasteiger partial charge in [-0.25, -0.2) is 4.98 Å². The molecule has 2 atom stereocenters. The summed E-state index contributed by atoms with van der Waals surface area (Å²) in [4.78, 5) is 15.9. The SMILES string of the molecule is O=C(Nc1ncccc1O)[C@H]1C[C@@H]1c1ccccc1C(F)(F)F. The van der Waals surface area contributed by atoms with Crippen LogP contribution < -0.4 is 5.32 Å². The zero-order chi connectivity index (χ0) is 16.6. The average molecular weight is 322 g/mol. The van der Waals surface area contributed by atoms with E-state index >= 15 is 0 Å². The molecule has 1 aromatic carbocycles. The molecule has 1 heterocycles. The number of hydrogen-bond donors (Lipinski definition) is 2. The molecule has 3 rings (SSSR count). The third-order valence-corrected chi connectivity index (χ3v) is 3.82. The average Bonchev–Trinajstić information content (AvgIpc) is 3.29. The number of alkyl halides is 3. The summed E-state index contributed by atoms with van der Waals surface area (Å²) in [7, 11) is 0. The predicted octanol–water partition coefficient (Wildman–Crippen LogP) is 3.55. The molecule has 2 aromatic rings. The first kappa shape index (κ1) is 15.3. The van der Waals surface area contributed by atoms with Gasteiger partial charge in [0.2, 0.25) is 5.91 Å². The van der Waals surface area contributed by atoms with E-state index in [1.54, 1.807) is 0 Å². The maximum absolute atomic E-state index is 13.0. The number of rotatable bonds is 3. The van der Waals surface area contributed by atoms with Gasteiger partial charge in [-0.15, -0.1) is 0 Å². The van der Waals surface area contributed by atoms with E-state index < -0.39 is 29.5 Å². The molecule has 2 N–H and O–H groups in total. The van der Waals surface area contributed by atoms with Crippen LogP contribution in [0.15, 0.2) is 42.6 Å². The van der Waals surface area contributed by atoms with E-state index in [9.17, 15) is 23.1 Å². The van der Waals surface area contributed by atoms with Crippen LogP contribution in [0.5, 0.6) is 5.75 Å². The van der Waals surface area contributed by atoms with Gasteiger partial charge in [-0.3, -0.25) is 4.79 Å². The number of pyridine rings is 1. The molecule has 23 heavy (non-hydrogen) atoms. The number of nitrogens with one attached hydrogen (secondary N) is 1. The Morgan fingerprint density at radius 3 is 2.65 bits per heavy atom. The highest BCUT2D eigenvalue weighted by Crippen LogP contribution is 2.51. The first-order valence-corrected chi connectivity index (χ1v) is 6.99. The first-order chi connectivity index (χ1) is 10.9. The third kappa shape index (κ3) is 3.13. The van der Waals surface area contributed by atoms with Gasteiger partial charge in [-0.1, -0.05) is 18.2 Å². The van der Waals surface area contributed by atoms with Crippen LogP contribution in [0.2, 0.25) is 0 Å². The molecule has 1 aliphatic rings. The Morgan fingerprint density at radius 2 is 1.96 bits per heavy atom. The minimum absolute atomic E-state index is 0.00672. The van der Waals surface area contributed by atoms with Crippen LogP contribution >= 0.6 is 0 Å². The van der Waals surface area contributed by atoms with Gasteiger partial charge < -0.3 is 10.4 Å². The Bertz CT molecular complexity index is 746. The molecule has 4 nitrogen and oxygen atoms in total.